The van der Waals surface area contributed by atoms with Gasteiger partial charge in [-0.1, -0.05) is 36.4 Å². The lowest BCUT2D eigenvalue weighted by Crippen LogP contribution is -2.38. The van der Waals surface area contributed by atoms with Gasteiger partial charge in [-0.25, -0.2) is 0 Å². The summed E-state index contributed by atoms with van der Waals surface area (Å²) in [4.78, 5) is 26.2. The summed E-state index contributed by atoms with van der Waals surface area (Å²) in [5, 5.41) is 12.3. The lowest BCUT2D eigenvalue weighted by atomic mass is 10.0. The number of hydrogen-bond donors (Lipinski definition) is 2. The van der Waals surface area contributed by atoms with E-state index in [1.807, 2.05) is 42.5 Å². The van der Waals surface area contributed by atoms with Crippen LogP contribution in [0.3, 0.4) is 0 Å². The number of amides is 2. The molecule has 1 atom stereocenters. The van der Waals surface area contributed by atoms with Crippen LogP contribution in [-0.4, -0.2) is 41.5 Å². The van der Waals surface area contributed by atoms with Gasteiger partial charge in [0, 0.05) is 18.7 Å². The normalized spacial score (nSPS) is 14.9. The first kappa shape index (κ1) is 18.1. The second kappa shape index (κ2) is 8.15. The Labute approximate surface area is 153 Å². The maximum Gasteiger partial charge on any atom is 0.251 e. The molecule has 3 rings (SSSR count). The third kappa shape index (κ3) is 4.29. The van der Waals surface area contributed by atoms with Crippen molar-refractivity contribution >= 4 is 11.8 Å². The van der Waals surface area contributed by atoms with E-state index in [4.69, 9.17) is 0 Å². The summed E-state index contributed by atoms with van der Waals surface area (Å²) in [6.07, 6.45) is 1.57. The summed E-state index contributed by atoms with van der Waals surface area (Å²) in [6.45, 7) is 3.33. The second-order valence-corrected chi connectivity index (χ2v) is 6.65. The van der Waals surface area contributed by atoms with E-state index in [2.05, 4.69) is 5.32 Å². The largest absolute Gasteiger partial charge is 0.389 e. The van der Waals surface area contributed by atoms with Crippen molar-refractivity contribution < 1.29 is 14.7 Å². The Morgan fingerprint density at radius 1 is 1.08 bits per heavy atom. The number of carbonyl (C=O) groups is 2. The highest BCUT2D eigenvalue weighted by molar-refractivity contribution is 5.97. The SMILES string of the molecule is C[C@H](O)c1ccc(-c2cccc(C(=O)NCC(=O)N3CCCC3)c2)cc1. The van der Waals surface area contributed by atoms with Crippen LogP contribution in [-0.2, 0) is 4.79 Å². The number of aliphatic hydroxyl groups excluding tert-OH is 1. The third-order valence-corrected chi connectivity index (χ3v) is 4.71. The molecule has 0 saturated carbocycles. The van der Waals surface area contributed by atoms with Gasteiger partial charge in [-0.05, 0) is 48.6 Å². The number of benzene rings is 2. The minimum Gasteiger partial charge on any atom is -0.389 e. The molecular formula is C21H24N2O3. The molecule has 5 nitrogen and oxygen atoms in total. The van der Waals surface area contributed by atoms with Crippen molar-refractivity contribution in [3.05, 3.63) is 59.7 Å². The second-order valence-electron chi connectivity index (χ2n) is 6.65. The first-order chi connectivity index (χ1) is 12.5. The van der Waals surface area contributed by atoms with Crippen LogP contribution in [0.5, 0.6) is 0 Å². The van der Waals surface area contributed by atoms with Crippen LogP contribution in [0.4, 0.5) is 0 Å². The molecule has 0 spiro atoms. The molecule has 1 aliphatic rings. The van der Waals surface area contributed by atoms with Gasteiger partial charge in [0.15, 0.2) is 0 Å². The van der Waals surface area contributed by atoms with Crippen molar-refractivity contribution in [1.82, 2.24) is 10.2 Å². The third-order valence-electron chi connectivity index (χ3n) is 4.71. The summed E-state index contributed by atoms with van der Waals surface area (Å²) in [5.41, 5.74) is 3.26. The Balaban J connectivity index is 1.66. The van der Waals surface area contributed by atoms with Gasteiger partial charge in [0.2, 0.25) is 5.91 Å². The molecule has 1 saturated heterocycles. The predicted molar refractivity (Wildman–Crippen MR) is 101 cm³/mol. The number of aliphatic hydroxyl groups is 1. The maximum atomic E-state index is 12.4. The molecule has 136 valence electrons. The zero-order valence-corrected chi connectivity index (χ0v) is 14.9. The number of nitrogens with zero attached hydrogens (tertiary/aromatic N) is 1. The first-order valence-corrected chi connectivity index (χ1v) is 8.99. The lowest BCUT2D eigenvalue weighted by molar-refractivity contribution is -0.129. The van der Waals surface area contributed by atoms with Crippen molar-refractivity contribution in [2.45, 2.75) is 25.9 Å². The molecule has 5 heteroatoms. The first-order valence-electron chi connectivity index (χ1n) is 8.99. The molecule has 1 heterocycles. The average molecular weight is 352 g/mol. The zero-order chi connectivity index (χ0) is 18.5. The minimum atomic E-state index is -0.505. The monoisotopic (exact) mass is 352 g/mol. The molecule has 2 N–H and O–H groups in total. The summed E-state index contributed by atoms with van der Waals surface area (Å²) in [6, 6.07) is 14.9. The van der Waals surface area contributed by atoms with Gasteiger partial charge >= 0.3 is 0 Å². The summed E-state index contributed by atoms with van der Waals surface area (Å²) in [5.74, 6) is -0.277. The van der Waals surface area contributed by atoms with Gasteiger partial charge in [-0.3, -0.25) is 9.59 Å². The van der Waals surface area contributed by atoms with E-state index in [0.717, 1.165) is 42.6 Å². The Morgan fingerprint density at radius 2 is 1.77 bits per heavy atom. The standard InChI is InChI=1S/C21H24N2O3/c1-15(24)16-7-9-17(10-8-16)18-5-4-6-19(13-18)21(26)22-14-20(25)23-11-2-3-12-23/h4-10,13,15,24H,2-3,11-12,14H2,1H3,(H,22,26)/t15-/m0/s1. The van der Waals surface area contributed by atoms with E-state index in [9.17, 15) is 14.7 Å². The highest BCUT2D eigenvalue weighted by atomic mass is 16.3. The van der Waals surface area contributed by atoms with Crippen LogP contribution in [0.25, 0.3) is 11.1 Å². The molecule has 0 bridgehead atoms. The fourth-order valence-electron chi connectivity index (χ4n) is 3.13. The van der Waals surface area contributed by atoms with E-state index in [1.165, 1.54) is 0 Å². The Morgan fingerprint density at radius 3 is 2.42 bits per heavy atom. The van der Waals surface area contributed by atoms with Crippen molar-refractivity contribution in [1.29, 1.82) is 0 Å². The lowest BCUT2D eigenvalue weighted by Gasteiger charge is -2.15. The van der Waals surface area contributed by atoms with Gasteiger partial charge in [-0.2, -0.15) is 0 Å². The molecule has 2 aromatic rings. The van der Waals surface area contributed by atoms with Crippen LogP contribution < -0.4 is 5.32 Å². The molecule has 2 amide bonds. The highest BCUT2D eigenvalue weighted by Gasteiger charge is 2.18. The van der Waals surface area contributed by atoms with Gasteiger partial charge in [0.25, 0.3) is 5.91 Å². The molecule has 0 aromatic heterocycles. The molecule has 0 unspecified atom stereocenters. The molecule has 1 fully saturated rings. The topological polar surface area (TPSA) is 69.6 Å². The molecule has 0 radical (unpaired) electrons. The van der Waals surface area contributed by atoms with E-state index in [1.54, 1.807) is 17.9 Å². The highest BCUT2D eigenvalue weighted by Crippen LogP contribution is 2.23. The molecular weight excluding hydrogens is 328 g/mol. The Bertz CT molecular complexity index is 778. The predicted octanol–water partition coefficient (Wildman–Crippen LogP) is 2.76. The Kier molecular flexibility index (Phi) is 5.68. The zero-order valence-electron chi connectivity index (χ0n) is 14.9. The number of likely N-dealkylation sites (tertiary alicyclic amines) is 1. The fraction of sp³-hybridized carbons (Fsp3) is 0.333. The molecule has 1 aliphatic heterocycles. The summed E-state index contributed by atoms with van der Waals surface area (Å²) in [7, 11) is 0. The van der Waals surface area contributed by atoms with Crippen LogP contribution in [0.2, 0.25) is 0 Å². The fourth-order valence-corrected chi connectivity index (χ4v) is 3.13. The van der Waals surface area contributed by atoms with Crippen LogP contribution in [0, 0.1) is 0 Å². The maximum absolute atomic E-state index is 12.4. The van der Waals surface area contributed by atoms with Crippen LogP contribution in [0.15, 0.2) is 48.5 Å². The van der Waals surface area contributed by atoms with Crippen molar-refractivity contribution in [2.75, 3.05) is 19.6 Å². The van der Waals surface area contributed by atoms with Gasteiger partial charge in [0.05, 0.1) is 12.6 Å². The smallest absolute Gasteiger partial charge is 0.251 e. The molecule has 0 aliphatic carbocycles. The minimum absolute atomic E-state index is 0.0271. The number of carbonyl (C=O) groups excluding carboxylic acids is 2. The van der Waals surface area contributed by atoms with Crippen LogP contribution >= 0.6 is 0 Å². The van der Waals surface area contributed by atoms with E-state index in [0.29, 0.717) is 5.56 Å². The number of nitrogens with one attached hydrogen (secondary N) is 1. The van der Waals surface area contributed by atoms with Gasteiger partial charge in [-0.15, -0.1) is 0 Å². The van der Waals surface area contributed by atoms with Crippen molar-refractivity contribution in [3.63, 3.8) is 0 Å². The van der Waals surface area contributed by atoms with Crippen LogP contribution in [0.1, 0.15) is 41.8 Å². The number of rotatable bonds is 5. The summed E-state index contributed by atoms with van der Waals surface area (Å²) < 4.78 is 0. The van der Waals surface area contributed by atoms with Crippen molar-refractivity contribution in [3.8, 4) is 11.1 Å². The summed E-state index contributed by atoms with van der Waals surface area (Å²) >= 11 is 0. The molecule has 26 heavy (non-hydrogen) atoms. The number of hydrogen-bond acceptors (Lipinski definition) is 3. The average Bonchev–Trinajstić information content (AvgIpc) is 3.21. The van der Waals surface area contributed by atoms with Gasteiger partial charge < -0.3 is 15.3 Å². The van der Waals surface area contributed by atoms with E-state index in [-0.39, 0.29) is 18.4 Å². The molecule has 2 aromatic carbocycles. The van der Waals surface area contributed by atoms with E-state index >= 15 is 0 Å². The van der Waals surface area contributed by atoms with Crippen molar-refractivity contribution in [2.24, 2.45) is 0 Å². The van der Waals surface area contributed by atoms with E-state index < -0.39 is 6.10 Å². The quantitative estimate of drug-likeness (QED) is 0.869. The Hall–Kier alpha value is -2.66. The van der Waals surface area contributed by atoms with Gasteiger partial charge in [0.1, 0.15) is 0 Å².